The fourth-order valence-electron chi connectivity index (χ4n) is 2.23. The Balaban J connectivity index is 1.88. The summed E-state index contributed by atoms with van der Waals surface area (Å²) in [5, 5.41) is 0. The lowest BCUT2D eigenvalue weighted by atomic mass is 10.1. The maximum Gasteiger partial charge on any atom is 0.285 e. The molecule has 0 amide bonds. The summed E-state index contributed by atoms with van der Waals surface area (Å²) in [6.07, 6.45) is 0.432. The van der Waals surface area contributed by atoms with Gasteiger partial charge in [-0.05, 0) is 36.6 Å². The number of ether oxygens (including phenoxy) is 1. The molecule has 0 radical (unpaired) electrons. The van der Waals surface area contributed by atoms with Crippen LogP contribution in [0, 0.1) is 0 Å². The first-order valence-electron chi connectivity index (χ1n) is 7.34. The molecule has 4 heteroatoms. The first-order valence-corrected chi connectivity index (χ1v) is 7.34. The highest BCUT2D eigenvalue weighted by molar-refractivity contribution is 5.28. The van der Waals surface area contributed by atoms with Crippen molar-refractivity contribution in [2.24, 2.45) is 5.73 Å². The first-order chi connectivity index (χ1) is 10.4. The van der Waals surface area contributed by atoms with E-state index in [2.05, 4.69) is 0 Å². The average molecular weight is 305 g/mol. The van der Waals surface area contributed by atoms with E-state index in [1.54, 1.807) is 36.4 Å². The van der Waals surface area contributed by atoms with Gasteiger partial charge in [-0.25, -0.2) is 8.78 Å². The first kappa shape index (κ1) is 16.4. The number of hydrogen-bond acceptors (Lipinski definition) is 2. The van der Waals surface area contributed by atoms with Crippen LogP contribution in [0.1, 0.15) is 18.1 Å². The fraction of sp³-hybridized carbons (Fsp3) is 0.333. The summed E-state index contributed by atoms with van der Waals surface area (Å²) in [6, 6.07) is 15.9. The SMILES string of the molecule is C[C@@H](N)Cc1ccc(OCC(F)(F)Cc2ccccc2)cc1. The van der Waals surface area contributed by atoms with Gasteiger partial charge in [-0.3, -0.25) is 0 Å². The zero-order valence-electron chi connectivity index (χ0n) is 12.6. The van der Waals surface area contributed by atoms with Crippen molar-refractivity contribution in [3.8, 4) is 5.75 Å². The molecule has 2 aromatic rings. The highest BCUT2D eigenvalue weighted by Crippen LogP contribution is 2.22. The summed E-state index contributed by atoms with van der Waals surface area (Å²) in [5.41, 5.74) is 7.39. The van der Waals surface area contributed by atoms with Gasteiger partial charge in [0.15, 0.2) is 6.61 Å². The topological polar surface area (TPSA) is 35.2 Å². The largest absolute Gasteiger partial charge is 0.487 e. The van der Waals surface area contributed by atoms with Crippen LogP contribution in [-0.4, -0.2) is 18.6 Å². The van der Waals surface area contributed by atoms with Crippen molar-refractivity contribution in [1.82, 2.24) is 0 Å². The Labute approximate surface area is 129 Å². The van der Waals surface area contributed by atoms with Gasteiger partial charge in [-0.2, -0.15) is 0 Å². The van der Waals surface area contributed by atoms with Gasteiger partial charge in [-0.1, -0.05) is 42.5 Å². The summed E-state index contributed by atoms with van der Waals surface area (Å²) >= 11 is 0. The molecular weight excluding hydrogens is 284 g/mol. The second-order valence-corrected chi connectivity index (χ2v) is 5.63. The van der Waals surface area contributed by atoms with E-state index in [1.165, 1.54) is 0 Å². The molecule has 0 spiro atoms. The molecule has 0 aliphatic heterocycles. The predicted molar refractivity (Wildman–Crippen MR) is 84.4 cm³/mol. The Morgan fingerprint density at radius 1 is 1.00 bits per heavy atom. The van der Waals surface area contributed by atoms with E-state index in [4.69, 9.17) is 10.5 Å². The lowest BCUT2D eigenvalue weighted by Crippen LogP contribution is -2.28. The number of benzene rings is 2. The van der Waals surface area contributed by atoms with Gasteiger partial charge in [0.25, 0.3) is 5.92 Å². The molecular formula is C18H21F2NO. The van der Waals surface area contributed by atoms with E-state index >= 15 is 0 Å². The monoisotopic (exact) mass is 305 g/mol. The molecule has 2 aromatic carbocycles. The Bertz CT molecular complexity index is 567. The second kappa shape index (κ2) is 7.36. The third-order valence-electron chi connectivity index (χ3n) is 3.24. The molecule has 0 bridgehead atoms. The molecule has 0 aliphatic carbocycles. The molecule has 0 heterocycles. The minimum atomic E-state index is -2.90. The Morgan fingerprint density at radius 2 is 1.64 bits per heavy atom. The molecule has 118 valence electrons. The summed E-state index contributed by atoms with van der Waals surface area (Å²) in [5.74, 6) is -2.45. The van der Waals surface area contributed by atoms with Crippen LogP contribution in [0.5, 0.6) is 5.75 Å². The summed E-state index contributed by atoms with van der Waals surface area (Å²) in [4.78, 5) is 0. The van der Waals surface area contributed by atoms with E-state index < -0.39 is 12.5 Å². The van der Waals surface area contributed by atoms with Gasteiger partial charge >= 0.3 is 0 Å². The van der Waals surface area contributed by atoms with Gasteiger partial charge in [0.05, 0.1) is 0 Å². The van der Waals surface area contributed by atoms with Gasteiger partial charge in [-0.15, -0.1) is 0 Å². The zero-order valence-corrected chi connectivity index (χ0v) is 12.6. The van der Waals surface area contributed by atoms with Crippen molar-refractivity contribution in [2.75, 3.05) is 6.61 Å². The molecule has 2 rings (SSSR count). The number of halogens is 2. The van der Waals surface area contributed by atoms with Gasteiger partial charge < -0.3 is 10.5 Å². The summed E-state index contributed by atoms with van der Waals surface area (Å²) in [7, 11) is 0. The quantitative estimate of drug-likeness (QED) is 0.843. The molecule has 0 saturated heterocycles. The van der Waals surface area contributed by atoms with Crippen LogP contribution in [0.25, 0.3) is 0 Å². The number of rotatable bonds is 7. The molecule has 22 heavy (non-hydrogen) atoms. The van der Waals surface area contributed by atoms with E-state index in [-0.39, 0.29) is 12.5 Å². The van der Waals surface area contributed by atoms with Crippen molar-refractivity contribution in [1.29, 1.82) is 0 Å². The number of alkyl halides is 2. The van der Waals surface area contributed by atoms with Crippen LogP contribution in [0.4, 0.5) is 8.78 Å². The third-order valence-corrected chi connectivity index (χ3v) is 3.24. The van der Waals surface area contributed by atoms with Gasteiger partial charge in [0.2, 0.25) is 0 Å². The number of hydrogen-bond donors (Lipinski definition) is 1. The molecule has 0 saturated carbocycles. The molecule has 0 fully saturated rings. The van der Waals surface area contributed by atoms with Crippen LogP contribution < -0.4 is 10.5 Å². The molecule has 0 aromatic heterocycles. The highest BCUT2D eigenvalue weighted by Gasteiger charge is 2.30. The van der Waals surface area contributed by atoms with E-state index in [9.17, 15) is 8.78 Å². The highest BCUT2D eigenvalue weighted by atomic mass is 19.3. The zero-order chi connectivity index (χ0) is 16.0. The Kier molecular flexibility index (Phi) is 5.50. The minimum Gasteiger partial charge on any atom is -0.487 e. The van der Waals surface area contributed by atoms with Crippen LogP contribution >= 0.6 is 0 Å². The standard InChI is InChI=1S/C18H21F2NO/c1-14(21)11-15-7-9-17(10-8-15)22-13-18(19,20)12-16-5-3-2-4-6-16/h2-10,14H,11-13,21H2,1H3/t14-/m1/s1. The minimum absolute atomic E-state index is 0.0713. The summed E-state index contributed by atoms with van der Waals surface area (Å²) < 4.78 is 33.0. The molecule has 2 nitrogen and oxygen atoms in total. The van der Waals surface area contributed by atoms with Crippen molar-refractivity contribution >= 4 is 0 Å². The van der Waals surface area contributed by atoms with Crippen LogP contribution in [-0.2, 0) is 12.8 Å². The Morgan fingerprint density at radius 3 is 2.23 bits per heavy atom. The van der Waals surface area contributed by atoms with E-state index in [0.717, 1.165) is 12.0 Å². The average Bonchev–Trinajstić information content (AvgIpc) is 2.47. The number of nitrogens with two attached hydrogens (primary N) is 1. The van der Waals surface area contributed by atoms with Crippen molar-refractivity contribution in [3.05, 3.63) is 65.7 Å². The van der Waals surface area contributed by atoms with E-state index in [0.29, 0.717) is 11.3 Å². The van der Waals surface area contributed by atoms with Crippen molar-refractivity contribution < 1.29 is 13.5 Å². The molecule has 0 unspecified atom stereocenters. The van der Waals surface area contributed by atoms with Crippen LogP contribution in [0.15, 0.2) is 54.6 Å². The lowest BCUT2D eigenvalue weighted by Gasteiger charge is -2.17. The smallest absolute Gasteiger partial charge is 0.285 e. The van der Waals surface area contributed by atoms with E-state index in [1.807, 2.05) is 25.1 Å². The van der Waals surface area contributed by atoms with Gasteiger partial charge in [0, 0.05) is 12.5 Å². The normalized spacial score (nSPS) is 12.9. The lowest BCUT2D eigenvalue weighted by molar-refractivity contribution is -0.0400. The summed E-state index contributed by atoms with van der Waals surface area (Å²) in [6.45, 7) is 1.29. The van der Waals surface area contributed by atoms with Crippen LogP contribution in [0.3, 0.4) is 0 Å². The third kappa shape index (κ3) is 5.45. The van der Waals surface area contributed by atoms with Crippen molar-refractivity contribution in [2.45, 2.75) is 31.7 Å². The molecule has 0 aliphatic rings. The molecule has 1 atom stereocenters. The second-order valence-electron chi connectivity index (χ2n) is 5.63. The molecule has 2 N–H and O–H groups in total. The Hall–Kier alpha value is -1.94. The maximum atomic E-state index is 13.9. The fourth-order valence-corrected chi connectivity index (χ4v) is 2.23. The predicted octanol–water partition coefficient (Wildman–Crippen LogP) is 3.83. The maximum absolute atomic E-state index is 13.9. The van der Waals surface area contributed by atoms with Gasteiger partial charge in [0.1, 0.15) is 5.75 Å². The van der Waals surface area contributed by atoms with Crippen molar-refractivity contribution in [3.63, 3.8) is 0 Å². The van der Waals surface area contributed by atoms with Crippen LogP contribution in [0.2, 0.25) is 0 Å².